The van der Waals surface area contributed by atoms with Crippen LogP contribution in [0, 0.1) is 20.8 Å². The monoisotopic (exact) mass is 302 g/mol. The van der Waals surface area contributed by atoms with E-state index in [0.717, 1.165) is 23.7 Å². The maximum atomic E-state index is 6.32. The van der Waals surface area contributed by atoms with Crippen molar-refractivity contribution in [3.05, 3.63) is 63.4 Å². The van der Waals surface area contributed by atoms with Crippen LogP contribution in [0.5, 0.6) is 0 Å². The normalized spacial score (nSPS) is 12.4. The van der Waals surface area contributed by atoms with Crippen molar-refractivity contribution < 1.29 is 0 Å². The standard InChI is InChI=1S/C18H23ClN2/c1-5-20-17(18-16(19)7-6-8-21-18)11-15-13(3)9-12(2)10-14(15)4/h6-10,17,20H,5,11H2,1-4H3. The lowest BCUT2D eigenvalue weighted by Crippen LogP contribution is -2.25. The molecule has 0 fully saturated rings. The van der Waals surface area contributed by atoms with E-state index in [0.29, 0.717) is 0 Å². The Morgan fingerprint density at radius 2 is 1.86 bits per heavy atom. The number of pyridine rings is 1. The van der Waals surface area contributed by atoms with Gasteiger partial charge in [-0.1, -0.05) is 36.2 Å². The van der Waals surface area contributed by atoms with E-state index in [2.05, 4.69) is 50.1 Å². The average Bonchev–Trinajstić information content (AvgIpc) is 2.42. The fraction of sp³-hybridized carbons (Fsp3) is 0.389. The van der Waals surface area contributed by atoms with E-state index in [4.69, 9.17) is 11.6 Å². The van der Waals surface area contributed by atoms with Crippen LogP contribution in [0.15, 0.2) is 30.5 Å². The van der Waals surface area contributed by atoms with E-state index in [1.807, 2.05) is 12.1 Å². The van der Waals surface area contributed by atoms with Gasteiger partial charge in [-0.2, -0.15) is 0 Å². The molecule has 0 aliphatic rings. The summed E-state index contributed by atoms with van der Waals surface area (Å²) in [6.07, 6.45) is 2.71. The summed E-state index contributed by atoms with van der Waals surface area (Å²) in [5.41, 5.74) is 6.29. The molecule has 0 aliphatic carbocycles. The Balaban J connectivity index is 2.36. The molecule has 21 heavy (non-hydrogen) atoms. The summed E-state index contributed by atoms with van der Waals surface area (Å²) in [6.45, 7) is 9.50. The second-order valence-corrected chi connectivity index (χ2v) is 5.97. The SMILES string of the molecule is CCNC(Cc1c(C)cc(C)cc1C)c1ncccc1Cl. The van der Waals surface area contributed by atoms with Crippen molar-refractivity contribution >= 4 is 11.6 Å². The number of rotatable bonds is 5. The highest BCUT2D eigenvalue weighted by molar-refractivity contribution is 6.31. The number of nitrogens with zero attached hydrogens (tertiary/aromatic N) is 1. The van der Waals surface area contributed by atoms with Crippen molar-refractivity contribution in [2.75, 3.05) is 6.54 Å². The molecule has 0 aliphatic heterocycles. The van der Waals surface area contributed by atoms with Crippen LogP contribution < -0.4 is 5.32 Å². The van der Waals surface area contributed by atoms with E-state index < -0.39 is 0 Å². The first kappa shape index (κ1) is 16.0. The van der Waals surface area contributed by atoms with Crippen LogP contribution in [-0.4, -0.2) is 11.5 Å². The smallest absolute Gasteiger partial charge is 0.0762 e. The Kier molecular flexibility index (Phi) is 5.38. The molecule has 1 N–H and O–H groups in total. The summed E-state index contributed by atoms with van der Waals surface area (Å²) in [7, 11) is 0. The number of halogens is 1. The lowest BCUT2D eigenvalue weighted by Gasteiger charge is -2.21. The molecule has 0 saturated carbocycles. The predicted molar refractivity (Wildman–Crippen MR) is 90.0 cm³/mol. The van der Waals surface area contributed by atoms with Gasteiger partial charge in [0.05, 0.1) is 16.8 Å². The number of nitrogens with one attached hydrogen (secondary N) is 1. The lowest BCUT2D eigenvalue weighted by molar-refractivity contribution is 0.535. The Hall–Kier alpha value is -1.38. The van der Waals surface area contributed by atoms with Gasteiger partial charge < -0.3 is 5.32 Å². The minimum Gasteiger partial charge on any atom is -0.309 e. The van der Waals surface area contributed by atoms with Gasteiger partial charge in [0.2, 0.25) is 0 Å². The third-order valence-corrected chi connectivity index (χ3v) is 4.14. The highest BCUT2D eigenvalue weighted by Crippen LogP contribution is 2.27. The molecule has 0 bridgehead atoms. The van der Waals surface area contributed by atoms with Gasteiger partial charge in [0.1, 0.15) is 0 Å². The maximum Gasteiger partial charge on any atom is 0.0762 e. The first-order valence-electron chi connectivity index (χ1n) is 7.43. The molecule has 3 heteroatoms. The Morgan fingerprint density at radius 3 is 2.43 bits per heavy atom. The van der Waals surface area contributed by atoms with Gasteiger partial charge in [-0.15, -0.1) is 0 Å². The fourth-order valence-electron chi connectivity index (χ4n) is 2.90. The van der Waals surface area contributed by atoms with E-state index in [1.165, 1.54) is 22.3 Å². The number of hydrogen-bond donors (Lipinski definition) is 1. The molecule has 1 aromatic heterocycles. The highest BCUT2D eigenvalue weighted by atomic mass is 35.5. The minimum absolute atomic E-state index is 0.142. The van der Waals surface area contributed by atoms with Crippen LogP contribution in [0.4, 0.5) is 0 Å². The van der Waals surface area contributed by atoms with Crippen LogP contribution in [0.3, 0.4) is 0 Å². The summed E-state index contributed by atoms with van der Waals surface area (Å²) in [5, 5.41) is 4.24. The highest BCUT2D eigenvalue weighted by Gasteiger charge is 2.18. The molecule has 1 heterocycles. The zero-order chi connectivity index (χ0) is 15.4. The quantitative estimate of drug-likeness (QED) is 0.876. The van der Waals surface area contributed by atoms with E-state index >= 15 is 0 Å². The summed E-state index contributed by atoms with van der Waals surface area (Å²) in [6, 6.07) is 8.40. The van der Waals surface area contributed by atoms with Gasteiger partial charge in [0.25, 0.3) is 0 Å². The minimum atomic E-state index is 0.142. The maximum absolute atomic E-state index is 6.32. The molecule has 0 amide bonds. The Bertz CT molecular complexity index is 599. The molecule has 2 nitrogen and oxygen atoms in total. The van der Waals surface area contributed by atoms with Gasteiger partial charge in [-0.25, -0.2) is 0 Å². The zero-order valence-corrected chi connectivity index (χ0v) is 14.0. The van der Waals surface area contributed by atoms with E-state index in [9.17, 15) is 0 Å². The van der Waals surface area contributed by atoms with Crippen molar-refractivity contribution in [2.24, 2.45) is 0 Å². The summed E-state index contributed by atoms with van der Waals surface area (Å²) in [5.74, 6) is 0. The fourth-order valence-corrected chi connectivity index (χ4v) is 3.16. The van der Waals surface area contributed by atoms with Gasteiger partial charge in [0.15, 0.2) is 0 Å². The van der Waals surface area contributed by atoms with Gasteiger partial charge in [-0.05, 0) is 62.6 Å². The third-order valence-electron chi connectivity index (χ3n) is 3.82. The number of aromatic nitrogens is 1. The summed E-state index contributed by atoms with van der Waals surface area (Å²) < 4.78 is 0. The predicted octanol–water partition coefficient (Wildman–Crippen LogP) is 4.55. The molecule has 112 valence electrons. The molecule has 1 aromatic carbocycles. The molecular formula is C18H23ClN2. The van der Waals surface area contributed by atoms with E-state index in [1.54, 1.807) is 6.20 Å². The average molecular weight is 303 g/mol. The van der Waals surface area contributed by atoms with Crippen molar-refractivity contribution in [1.82, 2.24) is 10.3 Å². The number of aryl methyl sites for hydroxylation is 3. The lowest BCUT2D eigenvalue weighted by atomic mass is 9.93. The largest absolute Gasteiger partial charge is 0.309 e. The first-order valence-corrected chi connectivity index (χ1v) is 7.81. The van der Waals surface area contributed by atoms with Gasteiger partial charge >= 0.3 is 0 Å². The van der Waals surface area contributed by atoms with Crippen molar-refractivity contribution in [2.45, 2.75) is 40.2 Å². The second kappa shape index (κ2) is 7.06. The molecule has 2 aromatic rings. The Morgan fingerprint density at radius 1 is 1.19 bits per heavy atom. The van der Waals surface area contributed by atoms with Crippen molar-refractivity contribution in [1.29, 1.82) is 0 Å². The molecular weight excluding hydrogens is 280 g/mol. The molecule has 0 radical (unpaired) electrons. The number of benzene rings is 1. The molecule has 1 atom stereocenters. The molecule has 1 unspecified atom stereocenters. The van der Waals surface area contributed by atoms with Crippen LogP contribution in [0.2, 0.25) is 5.02 Å². The van der Waals surface area contributed by atoms with Crippen LogP contribution in [-0.2, 0) is 6.42 Å². The Labute approximate surface area is 132 Å². The summed E-state index contributed by atoms with van der Waals surface area (Å²) in [4.78, 5) is 4.48. The molecule has 0 spiro atoms. The van der Waals surface area contributed by atoms with Crippen molar-refractivity contribution in [3.63, 3.8) is 0 Å². The van der Waals surface area contributed by atoms with Crippen LogP contribution >= 0.6 is 11.6 Å². The van der Waals surface area contributed by atoms with Gasteiger partial charge in [0, 0.05) is 6.20 Å². The topological polar surface area (TPSA) is 24.9 Å². The molecule has 2 rings (SSSR count). The number of hydrogen-bond acceptors (Lipinski definition) is 2. The second-order valence-electron chi connectivity index (χ2n) is 5.56. The molecule has 0 saturated heterocycles. The van der Waals surface area contributed by atoms with E-state index in [-0.39, 0.29) is 6.04 Å². The van der Waals surface area contributed by atoms with Crippen LogP contribution in [0.1, 0.15) is 40.9 Å². The van der Waals surface area contributed by atoms with Gasteiger partial charge in [-0.3, -0.25) is 4.98 Å². The van der Waals surface area contributed by atoms with Crippen molar-refractivity contribution in [3.8, 4) is 0 Å². The zero-order valence-electron chi connectivity index (χ0n) is 13.2. The number of likely N-dealkylation sites (N-methyl/N-ethyl adjacent to an activating group) is 1. The first-order chi connectivity index (χ1) is 10.0. The summed E-state index contributed by atoms with van der Waals surface area (Å²) >= 11 is 6.32. The third kappa shape index (κ3) is 3.84. The van der Waals surface area contributed by atoms with Crippen LogP contribution in [0.25, 0.3) is 0 Å².